The first-order chi connectivity index (χ1) is 6.81. The van der Waals surface area contributed by atoms with Gasteiger partial charge in [-0.15, -0.1) is 0 Å². The number of hydrogen-bond acceptors (Lipinski definition) is 4. The van der Waals surface area contributed by atoms with Crippen molar-refractivity contribution in [1.29, 1.82) is 0 Å². The standard InChI is InChI=1S/C10H8N2O2/c1-14-10(13)8-4-7-2-3-11-6-9(7)12-5-8/h2-6H,1H3. The number of rotatable bonds is 1. The van der Waals surface area contributed by atoms with E-state index in [4.69, 9.17) is 0 Å². The van der Waals surface area contributed by atoms with Crippen LogP contribution in [0.15, 0.2) is 30.7 Å². The lowest BCUT2D eigenvalue weighted by Gasteiger charge is -2.00. The molecule has 0 bridgehead atoms. The fourth-order valence-corrected chi connectivity index (χ4v) is 1.20. The predicted octanol–water partition coefficient (Wildman–Crippen LogP) is 1.42. The van der Waals surface area contributed by atoms with E-state index in [1.165, 1.54) is 13.3 Å². The maximum atomic E-state index is 11.2. The Bertz CT molecular complexity index is 482. The fourth-order valence-electron chi connectivity index (χ4n) is 1.20. The van der Waals surface area contributed by atoms with Crippen molar-refractivity contribution in [2.45, 2.75) is 0 Å². The molecule has 4 heteroatoms. The molecule has 0 spiro atoms. The summed E-state index contributed by atoms with van der Waals surface area (Å²) in [4.78, 5) is 19.2. The van der Waals surface area contributed by atoms with Crippen LogP contribution in [-0.4, -0.2) is 23.0 Å². The molecule has 4 nitrogen and oxygen atoms in total. The molecule has 0 unspecified atom stereocenters. The van der Waals surface area contributed by atoms with Gasteiger partial charge in [0, 0.05) is 17.8 Å². The van der Waals surface area contributed by atoms with E-state index < -0.39 is 0 Å². The Labute approximate surface area is 80.6 Å². The highest BCUT2D eigenvalue weighted by Gasteiger charge is 2.05. The third-order valence-corrected chi connectivity index (χ3v) is 1.91. The van der Waals surface area contributed by atoms with Gasteiger partial charge in [-0.25, -0.2) is 4.79 Å². The van der Waals surface area contributed by atoms with Crippen molar-refractivity contribution in [1.82, 2.24) is 9.97 Å². The summed E-state index contributed by atoms with van der Waals surface area (Å²) in [6, 6.07) is 3.53. The minimum absolute atomic E-state index is 0.379. The van der Waals surface area contributed by atoms with Crippen molar-refractivity contribution in [2.75, 3.05) is 7.11 Å². The molecule has 0 N–H and O–H groups in total. The molecule has 2 rings (SSSR count). The molecule has 0 fully saturated rings. The first-order valence-electron chi connectivity index (χ1n) is 4.09. The molecule has 2 aromatic heterocycles. The first kappa shape index (κ1) is 8.62. The van der Waals surface area contributed by atoms with E-state index in [2.05, 4.69) is 14.7 Å². The van der Waals surface area contributed by atoms with E-state index in [1.54, 1.807) is 24.5 Å². The minimum Gasteiger partial charge on any atom is -0.465 e. The quantitative estimate of drug-likeness (QED) is 0.635. The molecular formula is C10H8N2O2. The van der Waals surface area contributed by atoms with Crippen LogP contribution in [0.25, 0.3) is 10.9 Å². The lowest BCUT2D eigenvalue weighted by molar-refractivity contribution is 0.0600. The lowest BCUT2D eigenvalue weighted by atomic mass is 10.2. The normalized spacial score (nSPS) is 10.1. The molecule has 0 aliphatic rings. The van der Waals surface area contributed by atoms with Gasteiger partial charge >= 0.3 is 5.97 Å². The van der Waals surface area contributed by atoms with Crippen LogP contribution in [0.3, 0.4) is 0 Å². The fraction of sp³-hybridized carbons (Fsp3) is 0.100. The molecule has 0 amide bonds. The van der Waals surface area contributed by atoms with E-state index in [0.29, 0.717) is 5.56 Å². The summed E-state index contributed by atoms with van der Waals surface area (Å²) in [6.07, 6.45) is 4.79. The summed E-state index contributed by atoms with van der Waals surface area (Å²) >= 11 is 0. The second-order valence-corrected chi connectivity index (χ2v) is 2.78. The minimum atomic E-state index is -0.379. The number of esters is 1. The summed E-state index contributed by atoms with van der Waals surface area (Å²) in [5.41, 5.74) is 1.21. The van der Waals surface area contributed by atoms with Gasteiger partial charge in [0.05, 0.1) is 24.4 Å². The molecule has 2 heterocycles. The summed E-state index contributed by atoms with van der Waals surface area (Å²) in [5, 5.41) is 0.878. The number of hydrogen-bond donors (Lipinski definition) is 0. The lowest BCUT2D eigenvalue weighted by Crippen LogP contribution is -2.01. The second-order valence-electron chi connectivity index (χ2n) is 2.78. The Balaban J connectivity index is 2.56. The molecule has 0 saturated heterocycles. The number of ether oxygens (including phenoxy) is 1. The first-order valence-corrected chi connectivity index (χ1v) is 4.09. The van der Waals surface area contributed by atoms with Gasteiger partial charge in [0.2, 0.25) is 0 Å². The predicted molar refractivity (Wildman–Crippen MR) is 50.9 cm³/mol. The maximum Gasteiger partial charge on any atom is 0.339 e. The van der Waals surface area contributed by atoms with Gasteiger partial charge in [-0.05, 0) is 12.1 Å². The van der Waals surface area contributed by atoms with E-state index in [9.17, 15) is 4.79 Å². The van der Waals surface area contributed by atoms with Gasteiger partial charge < -0.3 is 4.74 Å². The summed E-state index contributed by atoms with van der Waals surface area (Å²) in [5.74, 6) is -0.379. The number of methoxy groups -OCH3 is 1. The third-order valence-electron chi connectivity index (χ3n) is 1.91. The average Bonchev–Trinajstić information content (AvgIpc) is 2.27. The Morgan fingerprint density at radius 3 is 3.07 bits per heavy atom. The van der Waals surface area contributed by atoms with Gasteiger partial charge in [0.25, 0.3) is 0 Å². The number of aromatic nitrogens is 2. The highest BCUT2D eigenvalue weighted by atomic mass is 16.5. The van der Waals surface area contributed by atoms with Crippen LogP contribution >= 0.6 is 0 Å². The summed E-state index contributed by atoms with van der Waals surface area (Å²) < 4.78 is 4.59. The van der Waals surface area contributed by atoms with Crippen LogP contribution in [0.5, 0.6) is 0 Å². The molecule has 0 radical (unpaired) electrons. The van der Waals surface area contributed by atoms with E-state index >= 15 is 0 Å². The largest absolute Gasteiger partial charge is 0.465 e. The van der Waals surface area contributed by atoms with Gasteiger partial charge in [0.1, 0.15) is 0 Å². The van der Waals surface area contributed by atoms with Crippen molar-refractivity contribution in [3.05, 3.63) is 36.3 Å². The van der Waals surface area contributed by atoms with Gasteiger partial charge in [-0.2, -0.15) is 0 Å². The maximum absolute atomic E-state index is 11.2. The van der Waals surface area contributed by atoms with E-state index in [0.717, 1.165) is 10.9 Å². The molecular weight excluding hydrogens is 180 g/mol. The smallest absolute Gasteiger partial charge is 0.339 e. The van der Waals surface area contributed by atoms with Crippen LogP contribution < -0.4 is 0 Å². The molecule has 2 aromatic rings. The Hall–Kier alpha value is -1.97. The second kappa shape index (κ2) is 3.41. The number of carbonyl (C=O) groups excluding carboxylic acids is 1. The van der Waals surface area contributed by atoms with Crippen molar-refractivity contribution in [3.63, 3.8) is 0 Å². The van der Waals surface area contributed by atoms with Crippen LogP contribution in [0.4, 0.5) is 0 Å². The van der Waals surface area contributed by atoms with Crippen molar-refractivity contribution in [2.24, 2.45) is 0 Å². The topological polar surface area (TPSA) is 52.1 Å². The van der Waals surface area contributed by atoms with Crippen molar-refractivity contribution < 1.29 is 9.53 Å². The van der Waals surface area contributed by atoms with Crippen molar-refractivity contribution >= 4 is 16.9 Å². The molecule has 0 aromatic carbocycles. The van der Waals surface area contributed by atoms with E-state index in [1.807, 2.05) is 0 Å². The zero-order valence-electron chi connectivity index (χ0n) is 7.60. The Morgan fingerprint density at radius 2 is 2.29 bits per heavy atom. The Kier molecular flexibility index (Phi) is 2.10. The number of fused-ring (bicyclic) bond motifs is 1. The zero-order chi connectivity index (χ0) is 9.97. The molecule has 14 heavy (non-hydrogen) atoms. The summed E-state index contributed by atoms with van der Waals surface area (Å²) in [6.45, 7) is 0. The van der Waals surface area contributed by atoms with Crippen LogP contribution in [0, 0.1) is 0 Å². The SMILES string of the molecule is COC(=O)c1cnc2cnccc2c1. The third kappa shape index (κ3) is 1.42. The molecule has 0 atom stereocenters. The van der Waals surface area contributed by atoms with Crippen molar-refractivity contribution in [3.8, 4) is 0 Å². The number of carbonyl (C=O) groups is 1. The van der Waals surface area contributed by atoms with E-state index in [-0.39, 0.29) is 5.97 Å². The number of nitrogens with zero attached hydrogens (tertiary/aromatic N) is 2. The molecule has 70 valence electrons. The average molecular weight is 188 g/mol. The zero-order valence-corrected chi connectivity index (χ0v) is 7.60. The van der Waals surface area contributed by atoms with Gasteiger partial charge in [0.15, 0.2) is 0 Å². The molecule has 0 aliphatic heterocycles. The monoisotopic (exact) mass is 188 g/mol. The molecule has 0 saturated carbocycles. The summed E-state index contributed by atoms with van der Waals surface area (Å²) in [7, 11) is 1.35. The molecule has 0 aliphatic carbocycles. The van der Waals surface area contributed by atoms with Crippen LogP contribution in [-0.2, 0) is 4.74 Å². The highest BCUT2D eigenvalue weighted by Crippen LogP contribution is 2.11. The highest BCUT2D eigenvalue weighted by molar-refractivity contribution is 5.93. The van der Waals surface area contributed by atoms with Crippen LogP contribution in [0.2, 0.25) is 0 Å². The van der Waals surface area contributed by atoms with Crippen LogP contribution in [0.1, 0.15) is 10.4 Å². The van der Waals surface area contributed by atoms with Gasteiger partial charge in [-0.1, -0.05) is 0 Å². The Morgan fingerprint density at radius 1 is 1.43 bits per heavy atom. The van der Waals surface area contributed by atoms with Gasteiger partial charge in [-0.3, -0.25) is 9.97 Å². The number of pyridine rings is 2.